The van der Waals surface area contributed by atoms with Gasteiger partial charge in [0, 0.05) is 23.8 Å². The summed E-state index contributed by atoms with van der Waals surface area (Å²) in [5, 5.41) is 3.33. The molecule has 0 saturated carbocycles. The maximum absolute atomic E-state index is 12.0. The van der Waals surface area contributed by atoms with Crippen molar-refractivity contribution in [3.05, 3.63) is 65.2 Å². The second-order valence-corrected chi connectivity index (χ2v) is 7.61. The van der Waals surface area contributed by atoms with Gasteiger partial charge in [-0.15, -0.1) is 0 Å². The van der Waals surface area contributed by atoms with Crippen LogP contribution in [0.25, 0.3) is 6.08 Å². The Morgan fingerprint density at radius 1 is 1.17 bits per heavy atom. The molecule has 0 heterocycles. The SMILES string of the molecule is CN(c1cccc(NC(=O)/C=C/c2ccc(Cl)cc2)c1)S(C)(=O)=O. The highest BCUT2D eigenvalue weighted by Gasteiger charge is 2.12. The van der Waals surface area contributed by atoms with E-state index in [1.807, 2.05) is 0 Å². The molecule has 0 saturated heterocycles. The van der Waals surface area contributed by atoms with Gasteiger partial charge in [0.25, 0.3) is 0 Å². The zero-order valence-electron chi connectivity index (χ0n) is 13.2. The summed E-state index contributed by atoms with van der Waals surface area (Å²) in [5.74, 6) is -0.316. The number of sulfonamides is 1. The molecule has 0 unspecified atom stereocenters. The van der Waals surface area contributed by atoms with Crippen LogP contribution < -0.4 is 9.62 Å². The maximum Gasteiger partial charge on any atom is 0.248 e. The molecule has 7 heteroatoms. The van der Waals surface area contributed by atoms with Crippen LogP contribution >= 0.6 is 11.6 Å². The van der Waals surface area contributed by atoms with E-state index in [-0.39, 0.29) is 5.91 Å². The van der Waals surface area contributed by atoms with Crippen LogP contribution in [-0.4, -0.2) is 27.6 Å². The lowest BCUT2D eigenvalue weighted by atomic mass is 10.2. The second-order valence-electron chi connectivity index (χ2n) is 5.15. The second kappa shape index (κ2) is 7.51. The fourth-order valence-corrected chi connectivity index (χ4v) is 2.52. The minimum atomic E-state index is -3.36. The van der Waals surface area contributed by atoms with Gasteiger partial charge in [-0.3, -0.25) is 9.10 Å². The molecule has 0 aliphatic rings. The van der Waals surface area contributed by atoms with E-state index in [0.717, 1.165) is 16.1 Å². The molecule has 0 atom stereocenters. The Hall–Kier alpha value is -2.31. The van der Waals surface area contributed by atoms with Gasteiger partial charge >= 0.3 is 0 Å². The molecule has 0 spiro atoms. The summed E-state index contributed by atoms with van der Waals surface area (Å²) in [5.41, 5.74) is 1.82. The molecule has 5 nitrogen and oxygen atoms in total. The van der Waals surface area contributed by atoms with E-state index in [0.29, 0.717) is 16.4 Å². The molecule has 2 rings (SSSR count). The zero-order valence-corrected chi connectivity index (χ0v) is 14.8. The van der Waals surface area contributed by atoms with Crippen molar-refractivity contribution in [1.82, 2.24) is 0 Å². The Kier molecular flexibility index (Phi) is 5.64. The van der Waals surface area contributed by atoms with Crippen LogP contribution in [0.4, 0.5) is 11.4 Å². The molecule has 0 radical (unpaired) electrons. The Bertz CT molecular complexity index is 862. The third-order valence-corrected chi connectivity index (χ3v) is 4.73. The van der Waals surface area contributed by atoms with Crippen molar-refractivity contribution in [3.63, 3.8) is 0 Å². The molecular formula is C17H17ClN2O3S. The lowest BCUT2D eigenvalue weighted by Crippen LogP contribution is -2.24. The van der Waals surface area contributed by atoms with Crippen LogP contribution in [0.15, 0.2) is 54.6 Å². The van der Waals surface area contributed by atoms with Crippen molar-refractivity contribution in [2.45, 2.75) is 0 Å². The fourth-order valence-electron chi connectivity index (χ4n) is 1.90. The number of anilines is 2. The van der Waals surface area contributed by atoms with E-state index in [1.54, 1.807) is 54.6 Å². The number of benzene rings is 2. The van der Waals surface area contributed by atoms with Gasteiger partial charge < -0.3 is 5.32 Å². The number of nitrogens with one attached hydrogen (secondary N) is 1. The predicted octanol–water partition coefficient (Wildman–Crippen LogP) is 3.39. The molecule has 2 aromatic rings. The number of nitrogens with zero attached hydrogens (tertiary/aromatic N) is 1. The van der Waals surface area contributed by atoms with Gasteiger partial charge in [0.2, 0.25) is 15.9 Å². The van der Waals surface area contributed by atoms with Gasteiger partial charge in [0.15, 0.2) is 0 Å². The number of hydrogen-bond donors (Lipinski definition) is 1. The van der Waals surface area contributed by atoms with E-state index in [4.69, 9.17) is 11.6 Å². The van der Waals surface area contributed by atoms with Gasteiger partial charge in [-0.1, -0.05) is 29.8 Å². The third-order valence-electron chi connectivity index (χ3n) is 3.27. The van der Waals surface area contributed by atoms with Crippen molar-refractivity contribution in [1.29, 1.82) is 0 Å². The summed E-state index contributed by atoms with van der Waals surface area (Å²) in [4.78, 5) is 12.0. The molecule has 1 N–H and O–H groups in total. The highest BCUT2D eigenvalue weighted by atomic mass is 35.5. The van der Waals surface area contributed by atoms with E-state index in [2.05, 4.69) is 5.32 Å². The Labute approximate surface area is 146 Å². The van der Waals surface area contributed by atoms with Crippen molar-refractivity contribution in [3.8, 4) is 0 Å². The first kappa shape index (κ1) is 18.0. The van der Waals surface area contributed by atoms with Crippen LogP contribution in [0.5, 0.6) is 0 Å². The van der Waals surface area contributed by atoms with Crippen molar-refractivity contribution in [2.24, 2.45) is 0 Å². The Balaban J connectivity index is 2.08. The van der Waals surface area contributed by atoms with Gasteiger partial charge in [-0.05, 0) is 42.0 Å². The molecule has 126 valence electrons. The van der Waals surface area contributed by atoms with Crippen LogP contribution in [0.1, 0.15) is 5.56 Å². The number of carbonyl (C=O) groups is 1. The lowest BCUT2D eigenvalue weighted by molar-refractivity contribution is -0.111. The molecule has 0 fully saturated rings. The first-order valence-corrected chi connectivity index (χ1v) is 9.27. The number of carbonyl (C=O) groups excluding carboxylic acids is 1. The number of halogens is 1. The first-order chi connectivity index (χ1) is 11.3. The van der Waals surface area contributed by atoms with Crippen LogP contribution in [0.3, 0.4) is 0 Å². The smallest absolute Gasteiger partial charge is 0.248 e. The molecule has 1 amide bonds. The van der Waals surface area contributed by atoms with Crippen molar-refractivity contribution in [2.75, 3.05) is 22.9 Å². The summed E-state index contributed by atoms with van der Waals surface area (Å²) in [6.45, 7) is 0. The fraction of sp³-hybridized carbons (Fsp3) is 0.118. The molecule has 24 heavy (non-hydrogen) atoms. The molecular weight excluding hydrogens is 348 g/mol. The summed E-state index contributed by atoms with van der Waals surface area (Å²) >= 11 is 5.80. The normalized spacial score (nSPS) is 11.5. The summed E-state index contributed by atoms with van der Waals surface area (Å²) in [6.07, 6.45) is 4.18. The topological polar surface area (TPSA) is 66.5 Å². The van der Waals surface area contributed by atoms with Crippen molar-refractivity contribution >= 4 is 45.0 Å². The quantitative estimate of drug-likeness (QED) is 0.827. The molecule has 0 aromatic heterocycles. The third kappa shape index (κ3) is 5.11. The minimum absolute atomic E-state index is 0.316. The number of hydrogen-bond acceptors (Lipinski definition) is 3. The number of rotatable bonds is 5. The van der Waals surface area contributed by atoms with Gasteiger partial charge in [0.05, 0.1) is 11.9 Å². The molecule has 0 aliphatic carbocycles. The molecule has 0 bridgehead atoms. The first-order valence-electron chi connectivity index (χ1n) is 7.04. The van der Waals surface area contributed by atoms with Crippen LogP contribution in [-0.2, 0) is 14.8 Å². The summed E-state index contributed by atoms with van der Waals surface area (Å²) < 4.78 is 24.3. The Morgan fingerprint density at radius 2 is 1.83 bits per heavy atom. The van der Waals surface area contributed by atoms with Gasteiger partial charge in [-0.2, -0.15) is 0 Å². The van der Waals surface area contributed by atoms with Gasteiger partial charge in [-0.25, -0.2) is 8.42 Å². The Morgan fingerprint density at radius 3 is 2.46 bits per heavy atom. The van der Waals surface area contributed by atoms with Crippen molar-refractivity contribution < 1.29 is 13.2 Å². The van der Waals surface area contributed by atoms with E-state index in [9.17, 15) is 13.2 Å². The molecule has 0 aliphatic heterocycles. The largest absolute Gasteiger partial charge is 0.322 e. The number of amides is 1. The maximum atomic E-state index is 12.0. The van der Waals surface area contributed by atoms with E-state index < -0.39 is 10.0 Å². The highest BCUT2D eigenvalue weighted by Crippen LogP contribution is 2.20. The van der Waals surface area contributed by atoms with Crippen LogP contribution in [0, 0.1) is 0 Å². The van der Waals surface area contributed by atoms with Crippen LogP contribution in [0.2, 0.25) is 5.02 Å². The molecule has 2 aromatic carbocycles. The zero-order chi connectivity index (χ0) is 17.7. The van der Waals surface area contributed by atoms with E-state index >= 15 is 0 Å². The lowest BCUT2D eigenvalue weighted by Gasteiger charge is -2.17. The predicted molar refractivity (Wildman–Crippen MR) is 98.8 cm³/mol. The average Bonchev–Trinajstić information content (AvgIpc) is 2.53. The van der Waals surface area contributed by atoms with E-state index in [1.165, 1.54) is 13.1 Å². The monoisotopic (exact) mass is 364 g/mol. The average molecular weight is 365 g/mol. The van der Waals surface area contributed by atoms with Gasteiger partial charge in [0.1, 0.15) is 0 Å². The minimum Gasteiger partial charge on any atom is -0.322 e. The summed E-state index contributed by atoms with van der Waals surface area (Å²) in [7, 11) is -1.90. The summed E-state index contributed by atoms with van der Waals surface area (Å²) in [6, 6.07) is 13.7. The standard InChI is InChI=1S/C17H17ClN2O3S/c1-20(24(2,22)23)16-5-3-4-15(12-16)19-17(21)11-8-13-6-9-14(18)10-7-13/h3-12H,1-2H3,(H,19,21)/b11-8+. The highest BCUT2D eigenvalue weighted by molar-refractivity contribution is 7.92.